The van der Waals surface area contributed by atoms with Gasteiger partial charge in [-0.3, -0.25) is 0 Å². The van der Waals surface area contributed by atoms with Crippen LogP contribution in [0.15, 0.2) is 163 Å². The maximum atomic E-state index is 12.8. The number of aliphatic hydroxyl groups is 1. The summed E-state index contributed by atoms with van der Waals surface area (Å²) in [6, 6.07) is 51.3. The summed E-state index contributed by atoms with van der Waals surface area (Å²) in [6.45, 7) is 0.368. The minimum Gasteiger partial charge on any atom is -0.457 e. The fraction of sp³-hybridized carbons (Fsp3) is 0.159. The zero-order chi connectivity index (χ0) is 35.5. The summed E-state index contributed by atoms with van der Waals surface area (Å²) in [5, 5.41) is 15.4. The second kappa shape index (κ2) is 17.2. The Kier molecular flexibility index (Phi) is 11.6. The Hall–Kier alpha value is -5.38. The first-order valence-electron chi connectivity index (χ1n) is 17.3. The van der Waals surface area contributed by atoms with Crippen molar-refractivity contribution in [2.45, 2.75) is 43.0 Å². The second-order valence-electron chi connectivity index (χ2n) is 12.5. The Morgan fingerprint density at radius 1 is 0.692 bits per heavy atom. The van der Waals surface area contributed by atoms with Gasteiger partial charge in [-0.25, -0.2) is 4.79 Å². The van der Waals surface area contributed by atoms with Crippen LogP contribution >= 0.6 is 11.8 Å². The highest BCUT2D eigenvalue weighted by molar-refractivity contribution is 7.99. The minimum absolute atomic E-state index is 0.00557. The topological polar surface area (TPSA) is 89.1 Å². The monoisotopic (exact) mass is 708 g/mol. The van der Waals surface area contributed by atoms with E-state index in [1.54, 1.807) is 11.8 Å². The van der Waals surface area contributed by atoms with Crippen molar-refractivity contribution in [1.82, 2.24) is 5.32 Å². The van der Waals surface area contributed by atoms with E-state index in [4.69, 9.17) is 14.2 Å². The maximum Gasteiger partial charge on any atom is 0.319 e. The molecule has 1 fully saturated rings. The molecule has 0 radical (unpaired) electrons. The number of hydrogen-bond acceptors (Lipinski definition) is 6. The van der Waals surface area contributed by atoms with Gasteiger partial charge in [0.2, 0.25) is 0 Å². The van der Waals surface area contributed by atoms with Gasteiger partial charge in [0, 0.05) is 34.9 Å². The summed E-state index contributed by atoms with van der Waals surface area (Å²) < 4.78 is 19.1. The van der Waals surface area contributed by atoms with Gasteiger partial charge < -0.3 is 30.0 Å². The number of rotatable bonds is 12. The summed E-state index contributed by atoms with van der Waals surface area (Å²) in [7, 11) is 0. The van der Waals surface area contributed by atoms with Crippen LogP contribution in [-0.4, -0.2) is 23.0 Å². The number of carbonyl (C=O) groups is 1. The van der Waals surface area contributed by atoms with Crippen LogP contribution in [0.3, 0.4) is 0 Å². The number of nitrogens with one attached hydrogen (secondary N) is 2. The van der Waals surface area contributed by atoms with Crippen molar-refractivity contribution in [3.05, 3.63) is 180 Å². The van der Waals surface area contributed by atoms with Crippen LogP contribution in [0.2, 0.25) is 0 Å². The Labute approximate surface area is 308 Å². The van der Waals surface area contributed by atoms with Gasteiger partial charge in [-0.05, 0) is 88.5 Å². The molecule has 8 heteroatoms. The van der Waals surface area contributed by atoms with Gasteiger partial charge in [0.1, 0.15) is 11.5 Å². The first-order valence-corrected chi connectivity index (χ1v) is 18.3. The van der Waals surface area contributed by atoms with Crippen molar-refractivity contribution in [2.75, 3.05) is 11.1 Å². The average molecular weight is 709 g/mol. The molecule has 1 aliphatic heterocycles. The molecule has 0 bridgehead atoms. The third-order valence-electron chi connectivity index (χ3n) is 8.76. The molecule has 2 amide bonds. The number of hydrogen-bond donors (Lipinski definition) is 3. The SMILES string of the molecule is O=C(NCc1cccc(-c2cccc(C3OC(CSc4ccccc4)CC(c4ccc(CO)cc4)O3)c2)c1)Nc1ccc(Oc2ccccc2)cc1. The van der Waals surface area contributed by atoms with Gasteiger partial charge in [0.25, 0.3) is 0 Å². The first kappa shape index (κ1) is 35.0. The molecule has 0 aromatic heterocycles. The molecule has 6 aromatic carbocycles. The van der Waals surface area contributed by atoms with Crippen molar-refractivity contribution < 1.29 is 24.1 Å². The Morgan fingerprint density at radius 3 is 2.13 bits per heavy atom. The molecule has 3 N–H and O–H groups in total. The van der Waals surface area contributed by atoms with E-state index in [9.17, 15) is 9.90 Å². The van der Waals surface area contributed by atoms with Crippen LogP contribution in [0.5, 0.6) is 11.5 Å². The molecule has 7 nitrogen and oxygen atoms in total. The molecule has 3 unspecified atom stereocenters. The minimum atomic E-state index is -0.551. The van der Waals surface area contributed by atoms with Gasteiger partial charge in [-0.15, -0.1) is 11.8 Å². The molecule has 3 atom stereocenters. The van der Waals surface area contributed by atoms with Gasteiger partial charge >= 0.3 is 6.03 Å². The molecule has 0 saturated carbocycles. The van der Waals surface area contributed by atoms with Crippen molar-refractivity contribution >= 4 is 23.5 Å². The van der Waals surface area contributed by atoms with Crippen molar-refractivity contribution in [3.8, 4) is 22.6 Å². The molecule has 7 rings (SSSR count). The number of aliphatic hydroxyl groups excluding tert-OH is 1. The van der Waals surface area contributed by atoms with E-state index >= 15 is 0 Å². The molecule has 262 valence electrons. The molecule has 52 heavy (non-hydrogen) atoms. The quantitative estimate of drug-likeness (QED) is 0.110. The molecule has 6 aromatic rings. The van der Waals surface area contributed by atoms with Crippen LogP contribution in [-0.2, 0) is 22.6 Å². The van der Waals surface area contributed by atoms with Crippen LogP contribution in [0.25, 0.3) is 11.1 Å². The molecule has 0 spiro atoms. The summed E-state index contributed by atoms with van der Waals surface area (Å²) in [6.07, 6.45) is -0.00978. The molecule has 1 aliphatic rings. The van der Waals surface area contributed by atoms with Crippen LogP contribution in [0.4, 0.5) is 10.5 Å². The van der Waals surface area contributed by atoms with Crippen molar-refractivity contribution in [2.24, 2.45) is 0 Å². The number of urea groups is 1. The van der Waals surface area contributed by atoms with Crippen LogP contribution in [0.1, 0.15) is 41.1 Å². The maximum absolute atomic E-state index is 12.8. The highest BCUT2D eigenvalue weighted by atomic mass is 32.2. The highest BCUT2D eigenvalue weighted by Crippen LogP contribution is 2.40. The number of para-hydroxylation sites is 1. The fourth-order valence-electron chi connectivity index (χ4n) is 6.04. The zero-order valence-corrected chi connectivity index (χ0v) is 29.4. The number of benzene rings is 6. The van der Waals surface area contributed by atoms with Gasteiger partial charge in [0.15, 0.2) is 6.29 Å². The van der Waals surface area contributed by atoms with E-state index in [0.29, 0.717) is 18.0 Å². The standard InChI is InChI=1S/C44H40N2O5S/c47-29-31-17-19-33(20-18-31)42-27-40(30-52-41-15-5-2-6-16-41)50-43(51-42)36-12-8-11-35(26-36)34-10-7-9-32(25-34)28-45-44(48)46-37-21-23-39(24-22-37)49-38-13-3-1-4-14-38/h1-26,40,42-43,47H,27-30H2,(H2,45,46,48). The summed E-state index contributed by atoms with van der Waals surface area (Å²) >= 11 is 1.78. The Bertz CT molecular complexity index is 2040. The molecular formula is C44H40N2O5S. The highest BCUT2D eigenvalue weighted by Gasteiger charge is 2.32. The van der Waals surface area contributed by atoms with Crippen molar-refractivity contribution in [3.63, 3.8) is 0 Å². The van der Waals surface area contributed by atoms with Crippen molar-refractivity contribution in [1.29, 1.82) is 0 Å². The molecular weight excluding hydrogens is 669 g/mol. The zero-order valence-electron chi connectivity index (χ0n) is 28.6. The van der Waals surface area contributed by atoms with E-state index in [2.05, 4.69) is 59.2 Å². The number of amides is 2. The smallest absolute Gasteiger partial charge is 0.319 e. The lowest BCUT2D eigenvalue weighted by Crippen LogP contribution is -2.31. The van der Waals surface area contributed by atoms with Crippen LogP contribution < -0.4 is 15.4 Å². The second-order valence-corrected chi connectivity index (χ2v) is 13.6. The van der Waals surface area contributed by atoms with Gasteiger partial charge in [0.05, 0.1) is 18.8 Å². The Balaban J connectivity index is 0.999. The lowest BCUT2D eigenvalue weighted by molar-refractivity contribution is -0.245. The predicted octanol–water partition coefficient (Wildman–Crippen LogP) is 10.3. The molecule has 1 heterocycles. The lowest BCUT2D eigenvalue weighted by Gasteiger charge is -2.36. The summed E-state index contributed by atoms with van der Waals surface area (Å²) in [4.78, 5) is 14.0. The third kappa shape index (κ3) is 9.48. The largest absolute Gasteiger partial charge is 0.457 e. The average Bonchev–Trinajstić information content (AvgIpc) is 3.21. The van der Waals surface area contributed by atoms with E-state index in [1.165, 1.54) is 4.90 Å². The predicted molar refractivity (Wildman–Crippen MR) is 206 cm³/mol. The van der Waals surface area contributed by atoms with E-state index in [-0.39, 0.29) is 24.8 Å². The molecule has 0 aliphatic carbocycles. The summed E-state index contributed by atoms with van der Waals surface area (Å²) in [5.74, 6) is 2.24. The number of carbonyl (C=O) groups excluding carboxylic acids is 1. The number of thioether (sulfide) groups is 1. The normalized spacial score (nSPS) is 16.9. The number of ether oxygens (including phenoxy) is 3. The fourth-order valence-corrected chi connectivity index (χ4v) is 6.99. The first-order chi connectivity index (χ1) is 25.6. The number of anilines is 1. The lowest BCUT2D eigenvalue weighted by atomic mass is 9.99. The molecule has 1 saturated heterocycles. The third-order valence-corrected chi connectivity index (χ3v) is 9.90. The summed E-state index contributed by atoms with van der Waals surface area (Å²) in [5.41, 5.74) is 6.56. The van der Waals surface area contributed by atoms with Gasteiger partial charge in [-0.2, -0.15) is 0 Å². The van der Waals surface area contributed by atoms with Crippen LogP contribution in [0, 0.1) is 0 Å². The van der Waals surface area contributed by atoms with Gasteiger partial charge in [-0.1, -0.05) is 97.1 Å². The van der Waals surface area contributed by atoms with E-state index in [0.717, 1.165) is 51.3 Å². The Morgan fingerprint density at radius 2 is 1.38 bits per heavy atom. The van der Waals surface area contributed by atoms with E-state index in [1.807, 2.05) is 109 Å². The van der Waals surface area contributed by atoms with E-state index < -0.39 is 6.29 Å².